The number of aromatic nitrogens is 4. The van der Waals surface area contributed by atoms with Gasteiger partial charge in [0.15, 0.2) is 11.3 Å². The van der Waals surface area contributed by atoms with E-state index >= 15 is 0 Å². The fourth-order valence-corrected chi connectivity index (χ4v) is 2.51. The van der Waals surface area contributed by atoms with E-state index in [1.165, 1.54) is 0 Å². The Morgan fingerprint density at radius 1 is 1.22 bits per heavy atom. The van der Waals surface area contributed by atoms with Crippen LogP contribution in [0.25, 0.3) is 11.0 Å². The van der Waals surface area contributed by atoms with Crippen molar-refractivity contribution in [3.63, 3.8) is 0 Å². The molecule has 1 aliphatic rings. The molecule has 2 heterocycles. The van der Waals surface area contributed by atoms with Gasteiger partial charge in [0.05, 0.1) is 5.69 Å². The first-order valence-electron chi connectivity index (χ1n) is 6.42. The molecular formula is C12H18N6. The van der Waals surface area contributed by atoms with Gasteiger partial charge in [0.25, 0.3) is 0 Å². The summed E-state index contributed by atoms with van der Waals surface area (Å²) in [5, 5.41) is 10.7. The standard InChI is InChI=1S/C12H18N6/c1-7-10-11(18-17-7)12(15-6-14-10)16-9-4-2-8(13)3-5-9/h6,8-9H,2-5,13H2,1H3,(H,17,18)(H,14,15,16). The monoisotopic (exact) mass is 246 g/mol. The maximum Gasteiger partial charge on any atom is 0.158 e. The summed E-state index contributed by atoms with van der Waals surface area (Å²) in [5.74, 6) is 0.824. The summed E-state index contributed by atoms with van der Waals surface area (Å²) in [5.41, 5.74) is 8.60. The highest BCUT2D eigenvalue weighted by atomic mass is 15.2. The third-order valence-electron chi connectivity index (χ3n) is 3.63. The fraction of sp³-hybridized carbons (Fsp3) is 0.583. The molecule has 1 fully saturated rings. The predicted molar refractivity (Wildman–Crippen MR) is 70.3 cm³/mol. The van der Waals surface area contributed by atoms with Crippen molar-refractivity contribution in [3.8, 4) is 0 Å². The summed E-state index contributed by atoms with van der Waals surface area (Å²) in [7, 11) is 0. The summed E-state index contributed by atoms with van der Waals surface area (Å²) in [6.07, 6.45) is 5.92. The van der Waals surface area contributed by atoms with E-state index in [9.17, 15) is 0 Å². The molecule has 0 amide bonds. The molecular weight excluding hydrogens is 228 g/mol. The summed E-state index contributed by atoms with van der Waals surface area (Å²) in [6, 6.07) is 0.806. The Hall–Kier alpha value is -1.69. The molecule has 0 saturated heterocycles. The average Bonchev–Trinajstić information content (AvgIpc) is 2.76. The van der Waals surface area contributed by atoms with E-state index < -0.39 is 0 Å². The molecule has 3 rings (SSSR count). The third kappa shape index (κ3) is 2.03. The topological polar surface area (TPSA) is 92.5 Å². The van der Waals surface area contributed by atoms with E-state index in [0.717, 1.165) is 48.2 Å². The molecule has 0 radical (unpaired) electrons. The van der Waals surface area contributed by atoms with E-state index in [1.807, 2.05) is 6.92 Å². The normalized spacial score (nSPS) is 24.3. The van der Waals surface area contributed by atoms with E-state index in [-0.39, 0.29) is 0 Å². The number of aryl methyl sites for hydroxylation is 1. The quantitative estimate of drug-likeness (QED) is 0.743. The number of nitrogens with two attached hydrogens (primary N) is 1. The minimum atomic E-state index is 0.362. The van der Waals surface area contributed by atoms with Gasteiger partial charge in [-0.15, -0.1) is 0 Å². The zero-order valence-corrected chi connectivity index (χ0v) is 10.5. The second kappa shape index (κ2) is 4.53. The van der Waals surface area contributed by atoms with E-state index in [4.69, 9.17) is 5.73 Å². The fourth-order valence-electron chi connectivity index (χ4n) is 2.51. The van der Waals surface area contributed by atoms with Crippen molar-refractivity contribution in [2.75, 3.05) is 5.32 Å². The molecule has 96 valence electrons. The molecule has 6 nitrogen and oxygen atoms in total. The first-order chi connectivity index (χ1) is 8.74. The molecule has 0 atom stereocenters. The van der Waals surface area contributed by atoms with E-state index in [1.54, 1.807) is 6.33 Å². The predicted octanol–water partition coefficient (Wildman–Crippen LogP) is 1.34. The van der Waals surface area contributed by atoms with Gasteiger partial charge in [-0.25, -0.2) is 9.97 Å². The van der Waals surface area contributed by atoms with Crippen LogP contribution >= 0.6 is 0 Å². The number of H-pyrrole nitrogens is 1. The van der Waals surface area contributed by atoms with Crippen molar-refractivity contribution in [2.45, 2.75) is 44.7 Å². The lowest BCUT2D eigenvalue weighted by Crippen LogP contribution is -2.33. The molecule has 0 aromatic carbocycles. The maximum atomic E-state index is 5.91. The highest BCUT2D eigenvalue weighted by Gasteiger charge is 2.20. The van der Waals surface area contributed by atoms with E-state index in [2.05, 4.69) is 25.5 Å². The van der Waals surface area contributed by atoms with Crippen LogP contribution in [0.2, 0.25) is 0 Å². The second-order valence-electron chi connectivity index (χ2n) is 5.02. The maximum absolute atomic E-state index is 5.91. The number of nitrogens with one attached hydrogen (secondary N) is 2. The molecule has 18 heavy (non-hydrogen) atoms. The van der Waals surface area contributed by atoms with Crippen LogP contribution < -0.4 is 11.1 Å². The summed E-state index contributed by atoms with van der Waals surface area (Å²) < 4.78 is 0. The Balaban J connectivity index is 1.82. The van der Waals surface area contributed by atoms with Gasteiger partial charge >= 0.3 is 0 Å². The molecule has 1 saturated carbocycles. The van der Waals surface area contributed by atoms with Crippen LogP contribution in [-0.2, 0) is 0 Å². The first kappa shape index (κ1) is 11.4. The number of hydrogen-bond acceptors (Lipinski definition) is 5. The highest BCUT2D eigenvalue weighted by molar-refractivity contribution is 5.86. The Labute approximate surface area is 105 Å². The molecule has 0 bridgehead atoms. The number of hydrogen-bond donors (Lipinski definition) is 3. The lowest BCUT2D eigenvalue weighted by Gasteiger charge is -2.27. The molecule has 0 aliphatic heterocycles. The lowest BCUT2D eigenvalue weighted by molar-refractivity contribution is 0.410. The van der Waals surface area contributed by atoms with Crippen LogP contribution in [0.5, 0.6) is 0 Å². The number of rotatable bonds is 2. The zero-order valence-electron chi connectivity index (χ0n) is 10.5. The van der Waals surface area contributed by atoms with Crippen LogP contribution in [0.1, 0.15) is 31.4 Å². The zero-order chi connectivity index (χ0) is 12.5. The molecule has 4 N–H and O–H groups in total. The van der Waals surface area contributed by atoms with Gasteiger partial charge in [-0.05, 0) is 32.6 Å². The summed E-state index contributed by atoms with van der Waals surface area (Å²) in [4.78, 5) is 8.54. The van der Waals surface area contributed by atoms with Gasteiger partial charge in [-0.3, -0.25) is 5.10 Å². The number of anilines is 1. The van der Waals surface area contributed by atoms with Crippen molar-refractivity contribution in [1.29, 1.82) is 0 Å². The average molecular weight is 246 g/mol. The largest absolute Gasteiger partial charge is 0.365 e. The Kier molecular flexibility index (Phi) is 2.87. The molecule has 6 heteroatoms. The molecule has 0 spiro atoms. The third-order valence-corrected chi connectivity index (χ3v) is 3.63. The number of aromatic amines is 1. The van der Waals surface area contributed by atoms with E-state index in [0.29, 0.717) is 12.1 Å². The van der Waals surface area contributed by atoms with Crippen molar-refractivity contribution in [2.24, 2.45) is 5.73 Å². The molecule has 1 aliphatic carbocycles. The van der Waals surface area contributed by atoms with Gasteiger partial charge in [0, 0.05) is 12.1 Å². The Bertz CT molecular complexity index is 540. The van der Waals surface area contributed by atoms with Crippen molar-refractivity contribution in [1.82, 2.24) is 20.2 Å². The van der Waals surface area contributed by atoms with Crippen LogP contribution in [0.4, 0.5) is 5.82 Å². The second-order valence-corrected chi connectivity index (χ2v) is 5.02. The van der Waals surface area contributed by atoms with Crippen LogP contribution in [0, 0.1) is 6.92 Å². The lowest BCUT2D eigenvalue weighted by atomic mass is 9.92. The van der Waals surface area contributed by atoms with Crippen molar-refractivity contribution >= 4 is 16.9 Å². The number of nitrogens with zero attached hydrogens (tertiary/aromatic N) is 3. The molecule has 2 aromatic heterocycles. The minimum absolute atomic E-state index is 0.362. The van der Waals surface area contributed by atoms with Gasteiger partial charge in [0.1, 0.15) is 11.8 Å². The van der Waals surface area contributed by atoms with Crippen molar-refractivity contribution < 1.29 is 0 Å². The SMILES string of the molecule is Cc1[nH]nc2c(NC3CCC(N)CC3)ncnc12. The first-order valence-corrected chi connectivity index (χ1v) is 6.42. The van der Waals surface area contributed by atoms with Crippen LogP contribution in [-0.4, -0.2) is 32.2 Å². The summed E-state index contributed by atoms with van der Waals surface area (Å²) in [6.45, 7) is 1.96. The molecule has 2 aromatic rings. The van der Waals surface area contributed by atoms with Gasteiger partial charge in [-0.1, -0.05) is 0 Å². The van der Waals surface area contributed by atoms with Gasteiger partial charge in [0.2, 0.25) is 0 Å². The highest BCUT2D eigenvalue weighted by Crippen LogP contribution is 2.24. The molecule has 0 unspecified atom stereocenters. The van der Waals surface area contributed by atoms with Gasteiger partial charge in [-0.2, -0.15) is 5.10 Å². The summed E-state index contributed by atoms with van der Waals surface area (Å²) >= 11 is 0. The van der Waals surface area contributed by atoms with Crippen LogP contribution in [0.15, 0.2) is 6.33 Å². The Morgan fingerprint density at radius 2 is 2.00 bits per heavy atom. The minimum Gasteiger partial charge on any atom is -0.365 e. The van der Waals surface area contributed by atoms with Crippen molar-refractivity contribution in [3.05, 3.63) is 12.0 Å². The number of fused-ring (bicyclic) bond motifs is 1. The smallest absolute Gasteiger partial charge is 0.158 e. The van der Waals surface area contributed by atoms with Crippen LogP contribution in [0.3, 0.4) is 0 Å². The van der Waals surface area contributed by atoms with Gasteiger partial charge < -0.3 is 11.1 Å². The Morgan fingerprint density at radius 3 is 2.78 bits per heavy atom.